The van der Waals surface area contributed by atoms with Gasteiger partial charge in [0.05, 0.1) is 11.5 Å². The molecule has 0 aromatic carbocycles. The van der Waals surface area contributed by atoms with Crippen LogP contribution in [0.1, 0.15) is 72.1 Å². The molecule has 2 N–H and O–H groups in total. The highest BCUT2D eigenvalue weighted by atomic mass is 16.5. The third kappa shape index (κ3) is 2.46. The average Bonchev–Trinajstić information content (AvgIpc) is 2.80. The molecule has 4 fully saturated rings. The topological polar surface area (TPSA) is 66.8 Å². The Morgan fingerprint density at radius 1 is 1.14 bits per heavy atom. The number of fused-ring (bicyclic) bond motifs is 3. The second-order valence-electron chi connectivity index (χ2n) is 11.1. The highest BCUT2D eigenvalue weighted by Crippen LogP contribution is 2.75. The zero-order valence-corrected chi connectivity index (χ0v) is 17.9. The van der Waals surface area contributed by atoms with Gasteiger partial charge in [-0.1, -0.05) is 32.9 Å². The third-order valence-corrected chi connectivity index (χ3v) is 9.93. The Morgan fingerprint density at radius 2 is 1.86 bits per heavy atom. The van der Waals surface area contributed by atoms with E-state index in [2.05, 4.69) is 27.4 Å². The summed E-state index contributed by atoms with van der Waals surface area (Å²) in [6.07, 6.45) is 9.48. The third-order valence-electron chi connectivity index (χ3n) is 9.93. The first-order valence-corrected chi connectivity index (χ1v) is 11.2. The number of hydrogen-bond acceptors (Lipinski definition) is 4. The van der Waals surface area contributed by atoms with Gasteiger partial charge in [-0.25, -0.2) is 0 Å². The summed E-state index contributed by atoms with van der Waals surface area (Å²) in [5.74, 6) is 0.685. The normalized spacial score (nSPS) is 52.5. The zero-order valence-electron chi connectivity index (χ0n) is 17.9. The van der Waals surface area contributed by atoms with Gasteiger partial charge in [-0.3, -0.25) is 4.79 Å². The Hall–Kier alpha value is -0.870. The molecule has 4 aliphatic rings. The lowest BCUT2D eigenvalue weighted by atomic mass is 9.39. The van der Waals surface area contributed by atoms with Gasteiger partial charge in [-0.2, -0.15) is 0 Å². The SMILES string of the molecule is C=CCOC(=O)[C@]1(C)CCC[C@@]2(C)[C@@H]3CC[C@@]4(C)C[C@]3(CC[C@@H]21)[C@H](CO)[C@H]4O. The van der Waals surface area contributed by atoms with E-state index in [4.69, 9.17) is 4.74 Å². The molecule has 0 heterocycles. The van der Waals surface area contributed by atoms with Crippen molar-refractivity contribution in [2.45, 2.75) is 78.2 Å². The van der Waals surface area contributed by atoms with Crippen molar-refractivity contribution in [3.63, 3.8) is 0 Å². The van der Waals surface area contributed by atoms with Crippen molar-refractivity contribution in [1.29, 1.82) is 0 Å². The number of rotatable bonds is 4. The lowest BCUT2D eigenvalue weighted by Crippen LogP contribution is -2.60. The summed E-state index contributed by atoms with van der Waals surface area (Å²) < 4.78 is 5.56. The quantitative estimate of drug-likeness (QED) is 0.560. The van der Waals surface area contributed by atoms with Gasteiger partial charge < -0.3 is 14.9 Å². The van der Waals surface area contributed by atoms with Gasteiger partial charge in [0.1, 0.15) is 6.61 Å². The van der Waals surface area contributed by atoms with E-state index in [1.54, 1.807) is 6.08 Å². The molecule has 0 unspecified atom stereocenters. The van der Waals surface area contributed by atoms with Crippen LogP contribution in [0.25, 0.3) is 0 Å². The van der Waals surface area contributed by atoms with Crippen molar-refractivity contribution in [2.24, 2.45) is 39.4 Å². The van der Waals surface area contributed by atoms with E-state index in [0.29, 0.717) is 11.8 Å². The van der Waals surface area contributed by atoms with Crippen LogP contribution < -0.4 is 0 Å². The van der Waals surface area contributed by atoms with Crippen molar-refractivity contribution in [1.82, 2.24) is 0 Å². The summed E-state index contributed by atoms with van der Waals surface area (Å²) in [4.78, 5) is 13.1. The Kier molecular flexibility index (Phi) is 4.79. The first-order chi connectivity index (χ1) is 13.2. The number of ether oxygens (including phenoxy) is 1. The Labute approximate surface area is 169 Å². The number of hydrogen-bond donors (Lipinski definition) is 2. The molecule has 4 aliphatic carbocycles. The van der Waals surface area contributed by atoms with Crippen molar-refractivity contribution < 1.29 is 19.7 Å². The number of aliphatic hydroxyl groups is 2. The highest BCUT2D eigenvalue weighted by molar-refractivity contribution is 5.77. The van der Waals surface area contributed by atoms with Crippen molar-refractivity contribution in [2.75, 3.05) is 13.2 Å². The van der Waals surface area contributed by atoms with Crippen LogP contribution in [0.2, 0.25) is 0 Å². The second kappa shape index (κ2) is 6.57. The number of carbonyl (C=O) groups excluding carboxylic acids is 1. The summed E-state index contributed by atoms with van der Waals surface area (Å²) in [6, 6.07) is 0. The molecule has 0 amide bonds. The molecule has 4 saturated carbocycles. The van der Waals surface area contributed by atoms with Crippen LogP contribution in [-0.4, -0.2) is 35.5 Å². The van der Waals surface area contributed by atoms with Gasteiger partial charge in [0.2, 0.25) is 0 Å². The summed E-state index contributed by atoms with van der Waals surface area (Å²) in [7, 11) is 0. The van der Waals surface area contributed by atoms with Crippen molar-refractivity contribution in [3.8, 4) is 0 Å². The molecule has 8 atom stereocenters. The van der Waals surface area contributed by atoms with Crippen molar-refractivity contribution >= 4 is 5.97 Å². The van der Waals surface area contributed by atoms with Crippen molar-refractivity contribution in [3.05, 3.63) is 12.7 Å². The highest BCUT2D eigenvalue weighted by Gasteiger charge is 2.71. The maximum absolute atomic E-state index is 13.1. The van der Waals surface area contributed by atoms with Crippen LogP contribution in [-0.2, 0) is 9.53 Å². The molecule has 0 aromatic heterocycles. The lowest BCUT2D eigenvalue weighted by Gasteiger charge is -2.64. The smallest absolute Gasteiger partial charge is 0.312 e. The van der Waals surface area contributed by atoms with Gasteiger partial charge in [0.25, 0.3) is 0 Å². The maximum atomic E-state index is 13.1. The fourth-order valence-electron chi connectivity index (χ4n) is 8.82. The standard InChI is InChI=1S/C24H38O4/c1-5-13-28-20(27)23(4)10-6-9-22(3)17(23)8-12-24-15-21(2,11-7-18(22)24)19(26)16(24)14-25/h5,16-19,25-26H,1,6-15H2,2-4H3/t16-,17+,18+,19-,21+,22-,23-,24-/m1/s1. The van der Waals surface area contributed by atoms with Crippen LogP contribution in [0.4, 0.5) is 0 Å². The molecular formula is C24H38O4. The molecule has 4 nitrogen and oxygen atoms in total. The summed E-state index contributed by atoms with van der Waals surface area (Å²) >= 11 is 0. The Morgan fingerprint density at radius 3 is 2.54 bits per heavy atom. The second-order valence-corrected chi connectivity index (χ2v) is 11.1. The Bertz CT molecular complexity index is 661. The van der Waals surface area contributed by atoms with Crippen LogP contribution in [0, 0.1) is 39.4 Å². The molecule has 2 bridgehead atoms. The number of esters is 1. The first-order valence-electron chi connectivity index (χ1n) is 11.2. The zero-order chi connectivity index (χ0) is 20.4. The fraction of sp³-hybridized carbons (Fsp3) is 0.875. The molecular weight excluding hydrogens is 352 g/mol. The summed E-state index contributed by atoms with van der Waals surface area (Å²) in [5.41, 5.74) is -0.412. The minimum absolute atomic E-state index is 0.0235. The van der Waals surface area contributed by atoms with Gasteiger partial charge in [0.15, 0.2) is 0 Å². The molecule has 0 radical (unpaired) electrons. The molecule has 0 saturated heterocycles. The molecule has 28 heavy (non-hydrogen) atoms. The van der Waals surface area contributed by atoms with Gasteiger partial charge >= 0.3 is 5.97 Å². The van der Waals surface area contributed by atoms with E-state index in [1.165, 1.54) is 0 Å². The van der Waals surface area contributed by atoms with Gasteiger partial charge in [-0.15, -0.1) is 0 Å². The van der Waals surface area contributed by atoms with Gasteiger partial charge in [-0.05, 0) is 80.0 Å². The molecule has 4 heteroatoms. The maximum Gasteiger partial charge on any atom is 0.312 e. The molecule has 158 valence electrons. The van der Waals surface area contributed by atoms with Crippen LogP contribution in [0.3, 0.4) is 0 Å². The predicted molar refractivity (Wildman–Crippen MR) is 108 cm³/mol. The van der Waals surface area contributed by atoms with E-state index in [9.17, 15) is 15.0 Å². The molecule has 4 rings (SSSR count). The molecule has 1 spiro atoms. The predicted octanol–water partition coefficient (Wildman–Crippen LogP) is 4.10. The largest absolute Gasteiger partial charge is 0.461 e. The van der Waals surface area contributed by atoms with Crippen LogP contribution >= 0.6 is 0 Å². The average molecular weight is 391 g/mol. The number of aliphatic hydroxyl groups excluding tert-OH is 2. The first kappa shape index (κ1) is 20.4. The van der Waals surface area contributed by atoms with Crippen LogP contribution in [0.15, 0.2) is 12.7 Å². The summed E-state index contributed by atoms with van der Waals surface area (Å²) in [5, 5.41) is 21.3. The Balaban J connectivity index is 1.71. The monoisotopic (exact) mass is 390 g/mol. The van der Waals surface area contributed by atoms with E-state index in [0.717, 1.165) is 51.4 Å². The van der Waals surface area contributed by atoms with E-state index in [-0.39, 0.29) is 41.3 Å². The minimum atomic E-state index is -0.440. The van der Waals surface area contributed by atoms with Crippen LogP contribution in [0.5, 0.6) is 0 Å². The van der Waals surface area contributed by atoms with E-state index in [1.807, 2.05) is 0 Å². The minimum Gasteiger partial charge on any atom is -0.461 e. The van der Waals surface area contributed by atoms with E-state index >= 15 is 0 Å². The van der Waals surface area contributed by atoms with Gasteiger partial charge in [0, 0.05) is 12.5 Å². The van der Waals surface area contributed by atoms with E-state index < -0.39 is 11.5 Å². The summed E-state index contributed by atoms with van der Waals surface area (Å²) in [6.45, 7) is 10.8. The molecule has 0 aromatic rings. The number of carbonyl (C=O) groups is 1. The fourth-order valence-corrected chi connectivity index (χ4v) is 8.82. The molecule has 0 aliphatic heterocycles. The lowest BCUT2D eigenvalue weighted by molar-refractivity contribution is -0.192.